The van der Waals surface area contributed by atoms with Gasteiger partial charge in [-0.05, 0) is 36.4 Å². The molecule has 0 bridgehead atoms. The maximum absolute atomic E-state index is 12.4. The zero-order chi connectivity index (χ0) is 26.2. The highest BCUT2D eigenvalue weighted by molar-refractivity contribution is 7.99. The van der Waals surface area contributed by atoms with Crippen LogP contribution in [0.1, 0.15) is 5.56 Å². The Morgan fingerprint density at radius 1 is 1.00 bits per heavy atom. The lowest BCUT2D eigenvalue weighted by atomic mass is 10.1. The minimum atomic E-state index is -0.339. The van der Waals surface area contributed by atoms with Gasteiger partial charge in [0.2, 0.25) is 5.75 Å². The molecule has 0 atom stereocenters. The molecule has 0 aliphatic rings. The van der Waals surface area contributed by atoms with Crippen LogP contribution in [-0.2, 0) is 4.79 Å². The molecule has 10 nitrogen and oxygen atoms in total. The molecule has 0 saturated carbocycles. The van der Waals surface area contributed by atoms with Gasteiger partial charge in [-0.3, -0.25) is 9.36 Å². The van der Waals surface area contributed by atoms with Crippen molar-refractivity contribution in [2.24, 2.45) is 5.10 Å². The van der Waals surface area contributed by atoms with Gasteiger partial charge in [-0.25, -0.2) is 5.43 Å². The zero-order valence-electron chi connectivity index (χ0n) is 20.4. The number of ether oxygens (including phenoxy) is 3. The van der Waals surface area contributed by atoms with Crippen molar-refractivity contribution in [2.45, 2.75) is 5.16 Å². The molecule has 0 unspecified atom stereocenters. The minimum Gasteiger partial charge on any atom is -0.507 e. The van der Waals surface area contributed by atoms with Crippen LogP contribution >= 0.6 is 11.8 Å². The molecule has 11 heteroatoms. The molecular weight excluding hydrogens is 494 g/mol. The van der Waals surface area contributed by atoms with Gasteiger partial charge in [0.05, 0.1) is 33.3 Å². The molecule has 0 saturated heterocycles. The van der Waals surface area contributed by atoms with E-state index >= 15 is 0 Å². The summed E-state index contributed by atoms with van der Waals surface area (Å²) in [6.45, 7) is 0. The molecule has 4 rings (SSSR count). The number of rotatable bonds is 10. The monoisotopic (exact) mass is 519 g/mol. The lowest BCUT2D eigenvalue weighted by molar-refractivity contribution is -0.118. The Bertz CT molecular complexity index is 1380. The van der Waals surface area contributed by atoms with E-state index in [2.05, 4.69) is 20.7 Å². The third kappa shape index (κ3) is 5.84. The quantitative estimate of drug-likeness (QED) is 0.184. The molecule has 0 fully saturated rings. The van der Waals surface area contributed by atoms with Crippen LogP contribution in [0.15, 0.2) is 77.0 Å². The van der Waals surface area contributed by atoms with E-state index in [-0.39, 0.29) is 17.4 Å². The van der Waals surface area contributed by atoms with Crippen LogP contribution in [0, 0.1) is 0 Å². The molecule has 37 heavy (non-hydrogen) atoms. The van der Waals surface area contributed by atoms with E-state index in [1.807, 2.05) is 34.9 Å². The molecule has 2 N–H and O–H groups in total. The number of thioether (sulfide) groups is 1. The fraction of sp³-hybridized carbons (Fsp3) is 0.154. The Balaban J connectivity index is 1.60. The summed E-state index contributed by atoms with van der Waals surface area (Å²) in [6, 6.07) is 19.9. The van der Waals surface area contributed by atoms with Gasteiger partial charge in [0.25, 0.3) is 5.91 Å². The van der Waals surface area contributed by atoms with Crippen molar-refractivity contribution in [2.75, 3.05) is 27.1 Å². The minimum absolute atomic E-state index is 0.0400. The second kappa shape index (κ2) is 12.0. The standard InChI is InChI=1S/C26H25N5O5S/c1-34-21-13-18(14-22(35-2)24(21)36-3)25-29-30-26(31(25)19-10-5-4-6-11-19)37-16-23(33)28-27-15-17-9-7-8-12-20(17)32/h4-15,32H,16H2,1-3H3,(H,28,33)/b27-15+. The molecule has 190 valence electrons. The summed E-state index contributed by atoms with van der Waals surface area (Å²) < 4.78 is 18.3. The summed E-state index contributed by atoms with van der Waals surface area (Å²) in [5.41, 5.74) is 4.46. The molecule has 0 spiro atoms. The molecule has 0 aliphatic heterocycles. The summed E-state index contributed by atoms with van der Waals surface area (Å²) in [6.07, 6.45) is 1.38. The lowest BCUT2D eigenvalue weighted by Gasteiger charge is -2.15. The number of carbonyl (C=O) groups excluding carboxylic acids is 1. The van der Waals surface area contributed by atoms with Gasteiger partial charge in [-0.2, -0.15) is 5.10 Å². The number of hydrogen-bond acceptors (Lipinski definition) is 9. The number of aromatic nitrogens is 3. The molecular formula is C26H25N5O5S. The third-order valence-corrected chi connectivity index (χ3v) is 6.16. The number of phenols is 1. The Labute approximate surface area is 217 Å². The normalized spacial score (nSPS) is 10.9. The van der Waals surface area contributed by atoms with Crippen molar-refractivity contribution in [3.05, 3.63) is 72.3 Å². The largest absolute Gasteiger partial charge is 0.507 e. The number of aromatic hydroxyl groups is 1. The van der Waals surface area contributed by atoms with E-state index in [4.69, 9.17) is 14.2 Å². The van der Waals surface area contributed by atoms with Crippen molar-refractivity contribution < 1.29 is 24.1 Å². The second-order valence-electron chi connectivity index (χ2n) is 7.53. The first-order chi connectivity index (χ1) is 18.0. The van der Waals surface area contributed by atoms with Gasteiger partial charge in [0, 0.05) is 16.8 Å². The summed E-state index contributed by atoms with van der Waals surface area (Å²) in [4.78, 5) is 12.4. The van der Waals surface area contributed by atoms with Crippen LogP contribution in [0.2, 0.25) is 0 Å². The van der Waals surface area contributed by atoms with E-state index in [0.29, 0.717) is 39.4 Å². The van der Waals surface area contributed by atoms with E-state index in [9.17, 15) is 9.90 Å². The molecule has 1 aromatic heterocycles. The predicted molar refractivity (Wildman–Crippen MR) is 141 cm³/mol. The van der Waals surface area contributed by atoms with E-state index in [1.165, 1.54) is 18.0 Å². The Morgan fingerprint density at radius 2 is 1.68 bits per heavy atom. The highest BCUT2D eigenvalue weighted by Crippen LogP contribution is 2.41. The predicted octanol–water partition coefficient (Wildman–Crippen LogP) is 3.91. The number of phenolic OH excluding ortho intramolecular Hbond substituents is 1. The number of methoxy groups -OCH3 is 3. The SMILES string of the molecule is COc1cc(-c2nnc(SCC(=O)N/N=C/c3ccccc3O)n2-c2ccccc2)cc(OC)c1OC. The first-order valence-corrected chi connectivity index (χ1v) is 12.1. The zero-order valence-corrected chi connectivity index (χ0v) is 21.2. The number of para-hydroxylation sites is 2. The Morgan fingerprint density at radius 3 is 2.32 bits per heavy atom. The summed E-state index contributed by atoms with van der Waals surface area (Å²) in [5, 5.41) is 23.0. The van der Waals surface area contributed by atoms with Crippen LogP contribution in [0.4, 0.5) is 0 Å². The van der Waals surface area contributed by atoms with Crippen molar-refractivity contribution in [1.29, 1.82) is 0 Å². The molecule has 0 radical (unpaired) electrons. The van der Waals surface area contributed by atoms with Crippen LogP contribution in [0.3, 0.4) is 0 Å². The summed E-state index contributed by atoms with van der Waals surface area (Å²) >= 11 is 1.21. The molecule has 1 amide bonds. The van der Waals surface area contributed by atoms with Gasteiger partial charge in [0.1, 0.15) is 5.75 Å². The highest BCUT2D eigenvalue weighted by Gasteiger charge is 2.21. The van der Waals surface area contributed by atoms with Crippen LogP contribution in [0.5, 0.6) is 23.0 Å². The van der Waals surface area contributed by atoms with Crippen molar-refractivity contribution >= 4 is 23.9 Å². The topological polar surface area (TPSA) is 120 Å². The van der Waals surface area contributed by atoms with Crippen molar-refractivity contribution in [3.8, 4) is 40.1 Å². The Kier molecular flexibility index (Phi) is 8.26. The van der Waals surface area contributed by atoms with Crippen molar-refractivity contribution in [1.82, 2.24) is 20.2 Å². The third-order valence-electron chi connectivity index (χ3n) is 5.23. The summed E-state index contributed by atoms with van der Waals surface area (Å²) in [5.74, 6) is 1.74. The fourth-order valence-corrected chi connectivity index (χ4v) is 4.25. The van der Waals surface area contributed by atoms with Gasteiger partial charge < -0.3 is 19.3 Å². The first-order valence-electron chi connectivity index (χ1n) is 11.1. The Hall–Kier alpha value is -4.51. The number of nitrogens with zero attached hydrogens (tertiary/aromatic N) is 4. The highest BCUT2D eigenvalue weighted by atomic mass is 32.2. The maximum atomic E-state index is 12.4. The van der Waals surface area contributed by atoms with Crippen LogP contribution < -0.4 is 19.6 Å². The van der Waals surface area contributed by atoms with Crippen LogP contribution in [0.25, 0.3) is 17.1 Å². The number of carbonyl (C=O) groups is 1. The van der Waals surface area contributed by atoms with Crippen LogP contribution in [-0.4, -0.2) is 59.1 Å². The number of benzene rings is 3. The number of hydrogen-bond donors (Lipinski definition) is 2. The van der Waals surface area contributed by atoms with E-state index < -0.39 is 0 Å². The van der Waals surface area contributed by atoms with Gasteiger partial charge in [-0.1, -0.05) is 42.1 Å². The maximum Gasteiger partial charge on any atom is 0.250 e. The summed E-state index contributed by atoms with van der Waals surface area (Å²) in [7, 11) is 4.63. The first kappa shape index (κ1) is 25.6. The van der Waals surface area contributed by atoms with Crippen molar-refractivity contribution in [3.63, 3.8) is 0 Å². The molecule has 1 heterocycles. The van der Waals surface area contributed by atoms with E-state index in [0.717, 1.165) is 5.69 Å². The number of hydrazone groups is 1. The number of nitrogens with one attached hydrogen (secondary N) is 1. The second-order valence-corrected chi connectivity index (χ2v) is 8.47. The fourth-order valence-electron chi connectivity index (χ4n) is 3.50. The lowest BCUT2D eigenvalue weighted by Crippen LogP contribution is -2.20. The smallest absolute Gasteiger partial charge is 0.250 e. The average molecular weight is 520 g/mol. The van der Waals surface area contributed by atoms with Gasteiger partial charge in [-0.15, -0.1) is 10.2 Å². The molecule has 0 aliphatic carbocycles. The molecule has 3 aromatic carbocycles. The van der Waals surface area contributed by atoms with Gasteiger partial charge >= 0.3 is 0 Å². The van der Waals surface area contributed by atoms with Gasteiger partial charge in [0.15, 0.2) is 22.5 Å². The van der Waals surface area contributed by atoms with E-state index in [1.54, 1.807) is 57.7 Å². The molecule has 4 aromatic rings. The number of amides is 1. The average Bonchev–Trinajstić information content (AvgIpc) is 3.36.